The van der Waals surface area contributed by atoms with Gasteiger partial charge in [-0.05, 0) is 6.07 Å². The van der Waals surface area contributed by atoms with Gasteiger partial charge in [0.2, 0.25) is 6.79 Å². The zero-order valence-electron chi connectivity index (χ0n) is 8.13. The van der Waals surface area contributed by atoms with Crippen molar-refractivity contribution in [2.45, 2.75) is 0 Å². The molecule has 0 saturated heterocycles. The Morgan fingerprint density at radius 2 is 1.88 bits per heavy atom. The second kappa shape index (κ2) is 3.13. The lowest BCUT2D eigenvalue weighted by atomic mass is 10.1. The molecule has 1 aromatic carbocycles. The fourth-order valence-corrected chi connectivity index (χ4v) is 1.66. The van der Waals surface area contributed by atoms with Crippen LogP contribution in [-0.4, -0.2) is 18.3 Å². The van der Waals surface area contributed by atoms with Gasteiger partial charge in [-0.1, -0.05) is 0 Å². The highest BCUT2D eigenvalue weighted by Crippen LogP contribution is 2.40. The molecule has 6 nitrogen and oxygen atoms in total. The van der Waals surface area contributed by atoms with Crippen LogP contribution in [0, 0.1) is 10.1 Å². The van der Waals surface area contributed by atoms with Crippen molar-refractivity contribution in [1.82, 2.24) is 0 Å². The Hall–Kier alpha value is -2.24. The fraction of sp³-hybridized carbons (Fsp3) is 0.200. The first-order chi connectivity index (χ1) is 7.74. The Morgan fingerprint density at radius 3 is 2.62 bits per heavy atom. The van der Waals surface area contributed by atoms with Gasteiger partial charge in [0.25, 0.3) is 5.70 Å². The van der Waals surface area contributed by atoms with Gasteiger partial charge in [0, 0.05) is 17.7 Å². The maximum absolute atomic E-state index is 10.6. The summed E-state index contributed by atoms with van der Waals surface area (Å²) in [4.78, 5) is 10.1. The van der Waals surface area contributed by atoms with Crippen LogP contribution in [0.3, 0.4) is 0 Å². The highest BCUT2D eigenvalue weighted by Gasteiger charge is 2.24. The van der Waals surface area contributed by atoms with Gasteiger partial charge in [0.1, 0.15) is 5.75 Å². The van der Waals surface area contributed by atoms with Crippen LogP contribution in [0.5, 0.6) is 17.2 Å². The smallest absolute Gasteiger partial charge is 0.284 e. The third-order valence-electron chi connectivity index (χ3n) is 2.44. The number of benzene rings is 1. The summed E-state index contributed by atoms with van der Waals surface area (Å²) in [6.07, 6.45) is 1.49. The minimum atomic E-state index is -0.451. The number of ether oxygens (including phenoxy) is 3. The second-order valence-electron chi connectivity index (χ2n) is 3.42. The lowest BCUT2D eigenvalue weighted by Crippen LogP contribution is -2.13. The van der Waals surface area contributed by atoms with Crippen molar-refractivity contribution >= 4 is 6.08 Å². The Balaban J connectivity index is 2.09. The molecule has 0 saturated carbocycles. The normalized spacial score (nSPS) is 16.1. The summed E-state index contributed by atoms with van der Waals surface area (Å²) in [6.45, 7) is 0.143. The van der Waals surface area contributed by atoms with Gasteiger partial charge in [0.05, 0.1) is 4.92 Å². The van der Waals surface area contributed by atoms with Gasteiger partial charge < -0.3 is 14.2 Å². The quantitative estimate of drug-likeness (QED) is 0.529. The number of hydrogen-bond donors (Lipinski definition) is 0. The van der Waals surface area contributed by atoms with Crippen molar-refractivity contribution in [2.75, 3.05) is 13.4 Å². The van der Waals surface area contributed by atoms with Crippen LogP contribution in [0.15, 0.2) is 17.8 Å². The van der Waals surface area contributed by atoms with Gasteiger partial charge >= 0.3 is 0 Å². The van der Waals surface area contributed by atoms with E-state index < -0.39 is 4.92 Å². The number of nitro groups is 1. The highest BCUT2D eigenvalue weighted by atomic mass is 16.7. The molecule has 6 heteroatoms. The molecule has 16 heavy (non-hydrogen) atoms. The Morgan fingerprint density at radius 1 is 1.12 bits per heavy atom. The zero-order valence-corrected chi connectivity index (χ0v) is 8.13. The number of nitrogens with zero attached hydrogens (tertiary/aromatic N) is 1. The monoisotopic (exact) mass is 221 g/mol. The van der Waals surface area contributed by atoms with Crippen LogP contribution in [0.2, 0.25) is 0 Å². The van der Waals surface area contributed by atoms with Gasteiger partial charge in [0.15, 0.2) is 18.1 Å². The summed E-state index contributed by atoms with van der Waals surface area (Å²) in [6, 6.07) is 3.37. The van der Waals surface area contributed by atoms with Crippen LogP contribution < -0.4 is 14.2 Å². The summed E-state index contributed by atoms with van der Waals surface area (Å²) in [5.41, 5.74) is 0.675. The van der Waals surface area contributed by atoms with Crippen molar-refractivity contribution in [2.24, 2.45) is 0 Å². The molecule has 0 radical (unpaired) electrons. The van der Waals surface area contributed by atoms with E-state index in [2.05, 4.69) is 0 Å². The lowest BCUT2D eigenvalue weighted by molar-refractivity contribution is -0.427. The molecule has 2 heterocycles. The predicted molar refractivity (Wildman–Crippen MR) is 53.0 cm³/mol. The molecule has 0 N–H and O–H groups in total. The lowest BCUT2D eigenvalue weighted by Gasteiger charge is -2.13. The fourth-order valence-electron chi connectivity index (χ4n) is 1.66. The molecule has 0 amide bonds. The summed E-state index contributed by atoms with van der Waals surface area (Å²) < 4.78 is 15.6. The third-order valence-corrected chi connectivity index (χ3v) is 2.44. The van der Waals surface area contributed by atoms with Gasteiger partial charge in [-0.3, -0.25) is 10.1 Å². The maximum Gasteiger partial charge on any atom is 0.284 e. The number of hydrogen-bond acceptors (Lipinski definition) is 5. The first kappa shape index (κ1) is 9.02. The van der Waals surface area contributed by atoms with Crippen LogP contribution in [-0.2, 0) is 0 Å². The Kier molecular flexibility index (Phi) is 1.76. The average Bonchev–Trinajstić information content (AvgIpc) is 2.71. The third kappa shape index (κ3) is 1.27. The Labute approximate surface area is 90.2 Å². The minimum Gasteiger partial charge on any atom is -0.482 e. The molecule has 82 valence electrons. The molecular weight excluding hydrogens is 214 g/mol. The van der Waals surface area contributed by atoms with Gasteiger partial charge in [-0.2, -0.15) is 0 Å². The number of rotatable bonds is 1. The molecule has 0 aromatic heterocycles. The first-order valence-corrected chi connectivity index (χ1v) is 4.65. The summed E-state index contributed by atoms with van der Waals surface area (Å²) >= 11 is 0. The standard InChI is InChI=1S/C10H7NO5/c12-11(13)7-1-6-2-9-10(16-5-15-9)3-8(6)14-4-7/h1-3H,4-5H2. The summed E-state index contributed by atoms with van der Waals surface area (Å²) in [5.74, 6) is 1.77. The molecule has 2 aliphatic heterocycles. The van der Waals surface area contributed by atoms with E-state index in [1.165, 1.54) is 6.08 Å². The maximum atomic E-state index is 10.6. The molecule has 0 bridgehead atoms. The minimum absolute atomic E-state index is 0.0281. The van der Waals surface area contributed by atoms with E-state index >= 15 is 0 Å². The van der Waals surface area contributed by atoms with Gasteiger partial charge in [-0.25, -0.2) is 0 Å². The van der Waals surface area contributed by atoms with E-state index in [0.717, 1.165) is 0 Å². The predicted octanol–water partition coefficient (Wildman–Crippen LogP) is 1.43. The van der Waals surface area contributed by atoms with Crippen LogP contribution in [0.25, 0.3) is 6.08 Å². The van der Waals surface area contributed by atoms with Crippen molar-refractivity contribution in [1.29, 1.82) is 0 Å². The van der Waals surface area contributed by atoms with Crippen molar-refractivity contribution in [3.63, 3.8) is 0 Å². The van der Waals surface area contributed by atoms with Gasteiger partial charge in [-0.15, -0.1) is 0 Å². The molecule has 1 aromatic rings. The van der Waals surface area contributed by atoms with Crippen molar-refractivity contribution < 1.29 is 19.1 Å². The molecule has 0 atom stereocenters. The molecule has 0 unspecified atom stereocenters. The molecule has 0 fully saturated rings. The van der Waals surface area contributed by atoms with E-state index in [4.69, 9.17) is 14.2 Å². The second-order valence-corrected chi connectivity index (χ2v) is 3.42. The van der Waals surface area contributed by atoms with E-state index in [-0.39, 0.29) is 19.1 Å². The molecule has 0 aliphatic carbocycles. The van der Waals surface area contributed by atoms with E-state index in [1.54, 1.807) is 12.1 Å². The summed E-state index contributed by atoms with van der Waals surface area (Å²) in [5, 5.41) is 10.6. The van der Waals surface area contributed by atoms with Crippen LogP contribution >= 0.6 is 0 Å². The van der Waals surface area contributed by atoms with Crippen molar-refractivity contribution in [3.8, 4) is 17.2 Å². The summed E-state index contributed by atoms with van der Waals surface area (Å²) in [7, 11) is 0. The van der Waals surface area contributed by atoms with Crippen LogP contribution in [0.4, 0.5) is 0 Å². The Bertz CT molecular complexity index is 508. The van der Waals surface area contributed by atoms with Crippen LogP contribution in [0.1, 0.15) is 5.56 Å². The van der Waals surface area contributed by atoms with E-state index in [0.29, 0.717) is 22.8 Å². The molecular formula is C10H7NO5. The highest BCUT2D eigenvalue weighted by molar-refractivity contribution is 5.66. The first-order valence-electron chi connectivity index (χ1n) is 4.65. The topological polar surface area (TPSA) is 70.8 Å². The van der Waals surface area contributed by atoms with Crippen molar-refractivity contribution in [3.05, 3.63) is 33.5 Å². The van der Waals surface area contributed by atoms with E-state index in [1.807, 2.05) is 0 Å². The largest absolute Gasteiger partial charge is 0.482 e. The SMILES string of the molecule is O=[N+]([O-])C1=Cc2cc3c(cc2OC1)OCO3. The molecule has 2 aliphatic rings. The average molecular weight is 221 g/mol. The molecule has 0 spiro atoms. The molecule has 3 rings (SSSR count). The van der Waals surface area contributed by atoms with E-state index in [9.17, 15) is 10.1 Å². The number of fused-ring (bicyclic) bond motifs is 2. The zero-order chi connectivity index (χ0) is 11.1.